The second-order valence-corrected chi connectivity index (χ2v) is 6.38. The summed E-state index contributed by atoms with van der Waals surface area (Å²) in [4.78, 5) is 27.3. The molecule has 1 aromatic heterocycles. The quantitative estimate of drug-likeness (QED) is 0.808. The number of ether oxygens (including phenoxy) is 3. The molecule has 150 valence electrons. The van der Waals surface area contributed by atoms with E-state index in [1.54, 1.807) is 30.0 Å². The molecule has 0 radical (unpaired) electrons. The molecule has 2 amide bonds. The van der Waals surface area contributed by atoms with Crippen molar-refractivity contribution in [2.45, 2.75) is 25.8 Å². The van der Waals surface area contributed by atoms with Crippen LogP contribution in [0.15, 0.2) is 22.7 Å². The van der Waals surface area contributed by atoms with Gasteiger partial charge in [-0.05, 0) is 31.9 Å². The molecule has 1 fully saturated rings. The number of hydrogen-bond donors (Lipinski definition) is 1. The summed E-state index contributed by atoms with van der Waals surface area (Å²) < 4.78 is 20.9. The van der Waals surface area contributed by atoms with Crippen molar-refractivity contribution in [2.24, 2.45) is 0 Å². The highest BCUT2D eigenvalue weighted by molar-refractivity contribution is 6.01. The number of carbonyl (C=O) groups is 2. The Morgan fingerprint density at radius 1 is 1.14 bits per heavy atom. The number of likely N-dealkylation sites (tertiary alicyclic amines) is 1. The molecule has 1 aliphatic heterocycles. The van der Waals surface area contributed by atoms with Gasteiger partial charge in [0.1, 0.15) is 11.8 Å². The van der Waals surface area contributed by atoms with E-state index < -0.39 is 6.04 Å². The first kappa shape index (κ1) is 19.5. The van der Waals surface area contributed by atoms with Gasteiger partial charge in [0.2, 0.25) is 11.7 Å². The van der Waals surface area contributed by atoms with Crippen LogP contribution in [0.1, 0.15) is 29.0 Å². The van der Waals surface area contributed by atoms with E-state index in [1.807, 2.05) is 0 Å². The maximum Gasteiger partial charge on any atom is 0.254 e. The zero-order valence-electron chi connectivity index (χ0n) is 16.3. The zero-order chi connectivity index (χ0) is 20.3. The highest BCUT2D eigenvalue weighted by Crippen LogP contribution is 2.39. The summed E-state index contributed by atoms with van der Waals surface area (Å²) in [6.07, 6.45) is 1.30. The molecule has 0 spiro atoms. The minimum absolute atomic E-state index is 0.284. The first-order valence-corrected chi connectivity index (χ1v) is 8.83. The van der Waals surface area contributed by atoms with Crippen molar-refractivity contribution in [3.63, 3.8) is 0 Å². The van der Waals surface area contributed by atoms with Gasteiger partial charge in [0.05, 0.1) is 21.3 Å². The minimum Gasteiger partial charge on any atom is -0.493 e. The molecule has 0 saturated carbocycles. The Hall–Kier alpha value is -3.23. The largest absolute Gasteiger partial charge is 0.493 e. The third kappa shape index (κ3) is 3.73. The van der Waals surface area contributed by atoms with Crippen LogP contribution in [0.4, 0.5) is 5.82 Å². The fourth-order valence-electron chi connectivity index (χ4n) is 3.29. The first-order valence-electron chi connectivity index (χ1n) is 8.83. The Labute approximate surface area is 162 Å². The average Bonchev–Trinajstić information content (AvgIpc) is 3.35. The lowest BCUT2D eigenvalue weighted by Gasteiger charge is -2.24. The van der Waals surface area contributed by atoms with Crippen molar-refractivity contribution in [3.8, 4) is 17.2 Å². The summed E-state index contributed by atoms with van der Waals surface area (Å²) in [6.45, 7) is 2.21. The fourth-order valence-corrected chi connectivity index (χ4v) is 3.29. The highest BCUT2D eigenvalue weighted by Gasteiger charge is 2.35. The number of aryl methyl sites for hydroxylation is 1. The molecule has 2 aromatic rings. The van der Waals surface area contributed by atoms with Crippen LogP contribution >= 0.6 is 0 Å². The van der Waals surface area contributed by atoms with Crippen molar-refractivity contribution in [1.82, 2.24) is 10.1 Å². The summed E-state index contributed by atoms with van der Waals surface area (Å²) in [5.74, 6) is 1.49. The maximum absolute atomic E-state index is 13.1. The van der Waals surface area contributed by atoms with Gasteiger partial charge in [0, 0.05) is 18.2 Å². The Balaban J connectivity index is 1.83. The number of methoxy groups -OCH3 is 3. The van der Waals surface area contributed by atoms with E-state index in [9.17, 15) is 9.59 Å². The summed E-state index contributed by atoms with van der Waals surface area (Å²) in [5.41, 5.74) is 0.353. The number of rotatable bonds is 6. The van der Waals surface area contributed by atoms with Crippen LogP contribution in [0.3, 0.4) is 0 Å². The SMILES string of the molecule is COc1cc(C(=O)N2CCCC2C(=O)Nc2cc(C)on2)cc(OC)c1OC. The van der Waals surface area contributed by atoms with Gasteiger partial charge in [0.25, 0.3) is 5.91 Å². The van der Waals surface area contributed by atoms with E-state index in [4.69, 9.17) is 18.7 Å². The zero-order valence-corrected chi connectivity index (χ0v) is 16.3. The Bertz CT molecular complexity index is 853. The predicted octanol–water partition coefficient (Wildman–Crippen LogP) is 2.25. The molecule has 1 unspecified atom stereocenters. The second kappa shape index (κ2) is 8.20. The average molecular weight is 389 g/mol. The van der Waals surface area contributed by atoms with Crippen LogP contribution in [0.2, 0.25) is 0 Å². The standard InChI is InChI=1S/C19H23N3O6/c1-11-8-16(21-28-11)20-18(23)13-6-5-7-22(13)19(24)12-9-14(25-2)17(27-4)15(10-12)26-3/h8-10,13H,5-7H2,1-4H3,(H,20,21,23). The molecule has 1 aliphatic rings. The summed E-state index contributed by atoms with van der Waals surface area (Å²) in [7, 11) is 4.46. The lowest BCUT2D eigenvalue weighted by atomic mass is 10.1. The number of nitrogens with zero attached hydrogens (tertiary/aromatic N) is 2. The number of amides is 2. The molecule has 28 heavy (non-hydrogen) atoms. The Morgan fingerprint density at radius 2 is 1.82 bits per heavy atom. The normalized spacial score (nSPS) is 16.0. The molecule has 1 saturated heterocycles. The number of nitrogens with one attached hydrogen (secondary N) is 1. The number of aromatic nitrogens is 1. The predicted molar refractivity (Wildman–Crippen MR) is 100 cm³/mol. The molecule has 0 bridgehead atoms. The minimum atomic E-state index is -0.594. The number of carbonyl (C=O) groups excluding carboxylic acids is 2. The van der Waals surface area contributed by atoms with Gasteiger partial charge >= 0.3 is 0 Å². The smallest absolute Gasteiger partial charge is 0.254 e. The van der Waals surface area contributed by atoms with E-state index in [0.717, 1.165) is 6.42 Å². The van der Waals surface area contributed by atoms with Crippen molar-refractivity contribution in [1.29, 1.82) is 0 Å². The third-order valence-corrected chi connectivity index (χ3v) is 4.61. The maximum atomic E-state index is 13.1. The van der Waals surface area contributed by atoms with Crippen molar-refractivity contribution >= 4 is 17.6 Å². The van der Waals surface area contributed by atoms with Gasteiger partial charge in [-0.3, -0.25) is 9.59 Å². The topological polar surface area (TPSA) is 103 Å². The molecular weight excluding hydrogens is 366 g/mol. The number of anilines is 1. The van der Waals surface area contributed by atoms with Crippen molar-refractivity contribution in [3.05, 3.63) is 29.5 Å². The van der Waals surface area contributed by atoms with E-state index in [2.05, 4.69) is 10.5 Å². The molecule has 9 heteroatoms. The highest BCUT2D eigenvalue weighted by atomic mass is 16.5. The third-order valence-electron chi connectivity index (χ3n) is 4.61. The van der Waals surface area contributed by atoms with Crippen LogP contribution in [0.25, 0.3) is 0 Å². The summed E-state index contributed by atoms with van der Waals surface area (Å²) >= 11 is 0. The molecule has 0 aliphatic carbocycles. The van der Waals surface area contributed by atoms with Crippen LogP contribution in [0, 0.1) is 6.92 Å². The van der Waals surface area contributed by atoms with E-state index >= 15 is 0 Å². The van der Waals surface area contributed by atoms with Gasteiger partial charge in [0.15, 0.2) is 17.3 Å². The van der Waals surface area contributed by atoms with Gasteiger partial charge in [-0.25, -0.2) is 0 Å². The Morgan fingerprint density at radius 3 is 2.36 bits per heavy atom. The van der Waals surface area contributed by atoms with Crippen molar-refractivity contribution in [2.75, 3.05) is 33.2 Å². The van der Waals surface area contributed by atoms with Gasteiger partial charge in [-0.2, -0.15) is 0 Å². The molecule has 1 atom stereocenters. The lowest BCUT2D eigenvalue weighted by molar-refractivity contribution is -0.119. The summed E-state index contributed by atoms with van der Waals surface area (Å²) in [6, 6.07) is 4.19. The lowest BCUT2D eigenvalue weighted by Crippen LogP contribution is -2.43. The number of hydrogen-bond acceptors (Lipinski definition) is 7. The second-order valence-electron chi connectivity index (χ2n) is 6.38. The van der Waals surface area contributed by atoms with E-state index in [0.29, 0.717) is 47.4 Å². The monoisotopic (exact) mass is 389 g/mol. The molecule has 3 rings (SSSR count). The van der Waals surface area contributed by atoms with Gasteiger partial charge in [-0.15, -0.1) is 0 Å². The molecular formula is C19H23N3O6. The van der Waals surface area contributed by atoms with Crippen LogP contribution in [0.5, 0.6) is 17.2 Å². The Kier molecular flexibility index (Phi) is 5.72. The van der Waals surface area contributed by atoms with Gasteiger partial charge in [-0.1, -0.05) is 5.16 Å². The van der Waals surface area contributed by atoms with E-state index in [-0.39, 0.29) is 11.8 Å². The van der Waals surface area contributed by atoms with Crippen LogP contribution in [-0.2, 0) is 4.79 Å². The van der Waals surface area contributed by atoms with Crippen molar-refractivity contribution < 1.29 is 28.3 Å². The summed E-state index contributed by atoms with van der Waals surface area (Å²) in [5, 5.41) is 6.46. The van der Waals surface area contributed by atoms with Crippen LogP contribution in [-0.4, -0.2) is 55.8 Å². The fraction of sp³-hybridized carbons (Fsp3) is 0.421. The van der Waals surface area contributed by atoms with Crippen LogP contribution < -0.4 is 19.5 Å². The number of benzene rings is 1. The first-order chi connectivity index (χ1) is 13.5. The molecule has 2 heterocycles. The molecule has 1 N–H and O–H groups in total. The molecule has 1 aromatic carbocycles. The molecule has 9 nitrogen and oxygen atoms in total. The van der Waals surface area contributed by atoms with Gasteiger partial charge < -0.3 is 29.0 Å². The van der Waals surface area contributed by atoms with E-state index in [1.165, 1.54) is 21.3 Å².